The predicted molar refractivity (Wildman–Crippen MR) is 88.6 cm³/mol. The number of halogens is 1. The molecule has 23 heavy (non-hydrogen) atoms. The minimum Gasteiger partial charge on any atom is -1.00 e. The molecule has 0 spiro atoms. The molecule has 0 aliphatic rings. The van der Waals surface area contributed by atoms with Crippen LogP contribution in [0.4, 0.5) is 0 Å². The van der Waals surface area contributed by atoms with Crippen molar-refractivity contribution >= 4 is 17.6 Å². The zero-order valence-corrected chi connectivity index (χ0v) is 16.5. The van der Waals surface area contributed by atoms with Gasteiger partial charge in [0.25, 0.3) is 0 Å². The Balaban J connectivity index is 0.00000264. The zero-order valence-electron chi connectivity index (χ0n) is 14.7. The second-order valence-corrected chi connectivity index (χ2v) is 5.23. The van der Waals surface area contributed by atoms with Crippen LogP contribution in [0.15, 0.2) is 48.5 Å². The maximum atomic E-state index is 11.6. The van der Waals surface area contributed by atoms with Crippen LogP contribution in [0.2, 0.25) is 5.02 Å². The summed E-state index contributed by atoms with van der Waals surface area (Å²) < 4.78 is 11.4. The third kappa shape index (κ3) is 5.54. The predicted octanol–water partition coefficient (Wildman–Crippen LogP) is 2.30. The van der Waals surface area contributed by atoms with Crippen LogP contribution in [0.25, 0.3) is 0 Å². The molecule has 0 saturated heterocycles. The Labute approximate surface area is 165 Å². The number of rotatable bonds is 6. The van der Waals surface area contributed by atoms with Crippen molar-refractivity contribution in [2.45, 2.75) is 32.8 Å². The van der Waals surface area contributed by atoms with Gasteiger partial charge in [-0.05, 0) is 24.1 Å². The second-order valence-electron chi connectivity index (χ2n) is 4.82. The van der Waals surface area contributed by atoms with Crippen LogP contribution >= 0.6 is 11.6 Å². The topological polar surface area (TPSA) is 35.5 Å². The number of carbonyl (C=O) groups excluding carboxylic acids is 1. The van der Waals surface area contributed by atoms with Gasteiger partial charge >= 0.3 is 35.5 Å². The minimum atomic E-state index is -0.342. The maximum Gasteiger partial charge on any atom is 1.00 e. The Hall–Kier alpha value is -1.000. The average molecular weight is 343 g/mol. The van der Waals surface area contributed by atoms with Gasteiger partial charge in [-0.25, -0.2) is 0 Å². The molecule has 0 aliphatic carbocycles. The molecule has 0 aliphatic heterocycles. The van der Waals surface area contributed by atoms with Gasteiger partial charge in [-0.3, -0.25) is 4.79 Å². The van der Waals surface area contributed by atoms with Gasteiger partial charge in [-0.2, -0.15) is 0 Å². The quantitative estimate of drug-likeness (QED) is 0.459. The van der Waals surface area contributed by atoms with Crippen LogP contribution in [0.5, 0.6) is 11.5 Å². The number of esters is 1. The molecule has 0 saturated carbocycles. The van der Waals surface area contributed by atoms with Crippen molar-refractivity contribution in [1.29, 1.82) is 0 Å². The number of hydrogen-bond acceptors (Lipinski definition) is 3. The van der Waals surface area contributed by atoms with Gasteiger partial charge in [-0.15, -0.1) is 0 Å². The Bertz CT molecular complexity index is 637. The van der Waals surface area contributed by atoms with E-state index in [1.165, 1.54) is 0 Å². The van der Waals surface area contributed by atoms with Crippen molar-refractivity contribution < 1.29 is 45.3 Å². The molecule has 1 unspecified atom stereocenters. The molecule has 0 fully saturated rings. The SMILES string of the molecule is CCC(=O)Oc1c(Cl)cccc1OC(CC)c1ccccc1.[H-].[Na+]. The van der Waals surface area contributed by atoms with E-state index in [9.17, 15) is 4.79 Å². The van der Waals surface area contributed by atoms with Crippen LogP contribution in [0.3, 0.4) is 0 Å². The van der Waals surface area contributed by atoms with Crippen molar-refractivity contribution in [3.63, 3.8) is 0 Å². The van der Waals surface area contributed by atoms with E-state index in [1.54, 1.807) is 25.1 Å². The van der Waals surface area contributed by atoms with Gasteiger partial charge in [0.2, 0.25) is 0 Å². The van der Waals surface area contributed by atoms with E-state index in [0.717, 1.165) is 12.0 Å². The summed E-state index contributed by atoms with van der Waals surface area (Å²) in [5.41, 5.74) is 1.07. The molecule has 118 valence electrons. The van der Waals surface area contributed by atoms with Gasteiger partial charge in [-0.1, -0.05) is 61.8 Å². The van der Waals surface area contributed by atoms with Gasteiger partial charge in [0.15, 0.2) is 11.5 Å². The van der Waals surface area contributed by atoms with Crippen molar-refractivity contribution in [3.05, 3.63) is 59.1 Å². The molecule has 3 nitrogen and oxygen atoms in total. The van der Waals surface area contributed by atoms with E-state index in [4.69, 9.17) is 21.1 Å². The molecule has 2 aromatic carbocycles. The molecule has 1 atom stereocenters. The van der Waals surface area contributed by atoms with E-state index in [0.29, 0.717) is 10.8 Å². The van der Waals surface area contributed by atoms with E-state index >= 15 is 0 Å². The molecule has 0 radical (unpaired) electrons. The van der Waals surface area contributed by atoms with E-state index < -0.39 is 0 Å². The Morgan fingerprint density at radius 2 is 1.83 bits per heavy atom. The molecule has 2 rings (SSSR count). The summed E-state index contributed by atoms with van der Waals surface area (Å²) in [6, 6.07) is 15.1. The third-order valence-electron chi connectivity index (χ3n) is 3.25. The zero-order chi connectivity index (χ0) is 15.9. The van der Waals surface area contributed by atoms with Gasteiger partial charge in [0, 0.05) is 6.42 Å². The van der Waals surface area contributed by atoms with Crippen LogP contribution < -0.4 is 39.0 Å². The van der Waals surface area contributed by atoms with E-state index in [2.05, 4.69) is 0 Å². The molecule has 0 bridgehead atoms. The van der Waals surface area contributed by atoms with Crippen LogP contribution in [-0.2, 0) is 4.79 Å². The van der Waals surface area contributed by atoms with Gasteiger partial charge in [0.05, 0.1) is 5.02 Å². The smallest absolute Gasteiger partial charge is 1.00 e. The summed E-state index contributed by atoms with van der Waals surface area (Å²) in [5, 5.41) is 0.363. The first-order valence-electron chi connectivity index (χ1n) is 7.36. The fourth-order valence-corrected chi connectivity index (χ4v) is 2.28. The molecule has 0 heterocycles. The van der Waals surface area contributed by atoms with Crippen LogP contribution in [-0.4, -0.2) is 5.97 Å². The standard InChI is InChI=1S/C18H19ClO3.Na.H/c1-3-15(13-9-6-5-7-10-13)21-16-12-8-11-14(19)18(16)22-17(20)4-2;;/h5-12,15H,3-4H2,1-2H3;;/q;+1;-1. The van der Waals surface area contributed by atoms with Gasteiger partial charge < -0.3 is 10.9 Å². The van der Waals surface area contributed by atoms with Crippen LogP contribution in [0.1, 0.15) is 39.8 Å². The Kier molecular flexibility index (Phi) is 8.71. The van der Waals surface area contributed by atoms with Crippen molar-refractivity contribution in [2.75, 3.05) is 0 Å². The van der Waals surface area contributed by atoms with Crippen molar-refractivity contribution in [1.82, 2.24) is 0 Å². The molecule has 2 aromatic rings. The number of para-hydroxylation sites is 1. The first-order valence-corrected chi connectivity index (χ1v) is 7.74. The molecular weight excluding hydrogens is 323 g/mol. The van der Waals surface area contributed by atoms with Crippen LogP contribution in [0, 0.1) is 0 Å². The largest absolute Gasteiger partial charge is 1.00 e. The number of hydrogen-bond donors (Lipinski definition) is 0. The molecular formula is C18H20ClNaO3. The number of benzene rings is 2. The molecule has 0 amide bonds. The fraction of sp³-hybridized carbons (Fsp3) is 0.278. The van der Waals surface area contributed by atoms with E-state index in [-0.39, 0.29) is 55.2 Å². The Morgan fingerprint density at radius 3 is 2.43 bits per heavy atom. The first kappa shape index (κ1) is 20.0. The normalized spacial score (nSPS) is 11.3. The Morgan fingerprint density at radius 1 is 1.13 bits per heavy atom. The molecule has 5 heteroatoms. The number of carbonyl (C=O) groups is 1. The summed E-state index contributed by atoms with van der Waals surface area (Å²) in [6.45, 7) is 3.78. The molecule has 0 aromatic heterocycles. The van der Waals surface area contributed by atoms with Gasteiger partial charge in [0.1, 0.15) is 6.10 Å². The first-order chi connectivity index (χ1) is 10.7. The van der Waals surface area contributed by atoms with Crippen molar-refractivity contribution in [2.24, 2.45) is 0 Å². The average Bonchev–Trinajstić information content (AvgIpc) is 2.56. The summed E-state index contributed by atoms with van der Waals surface area (Å²) in [7, 11) is 0. The fourth-order valence-electron chi connectivity index (χ4n) is 2.07. The van der Waals surface area contributed by atoms with Crippen molar-refractivity contribution in [3.8, 4) is 11.5 Å². The summed E-state index contributed by atoms with van der Waals surface area (Å²) >= 11 is 6.15. The van der Waals surface area contributed by atoms with E-state index in [1.807, 2.05) is 37.3 Å². The summed E-state index contributed by atoms with van der Waals surface area (Å²) in [5.74, 6) is 0.418. The number of ether oxygens (including phenoxy) is 2. The maximum absolute atomic E-state index is 11.6. The molecule has 0 N–H and O–H groups in total. The second kappa shape index (κ2) is 9.99. The monoisotopic (exact) mass is 342 g/mol. The minimum absolute atomic E-state index is 0. The summed E-state index contributed by atoms with van der Waals surface area (Å²) in [4.78, 5) is 11.6. The summed E-state index contributed by atoms with van der Waals surface area (Å²) in [6.07, 6.45) is 0.942. The third-order valence-corrected chi connectivity index (χ3v) is 3.54.